The van der Waals surface area contributed by atoms with Gasteiger partial charge in [0, 0.05) is 0 Å². The number of benzene rings is 2. The SMILES string of the molecule is COC(=O)c1ccc(OC(=O)Cc2ccc(OC)c(F)c2)cc1. The molecule has 0 atom stereocenters. The van der Waals surface area contributed by atoms with Gasteiger partial charge in [0.15, 0.2) is 11.6 Å². The molecule has 0 aliphatic heterocycles. The van der Waals surface area contributed by atoms with E-state index in [4.69, 9.17) is 9.47 Å². The molecule has 0 amide bonds. The molecule has 0 aromatic heterocycles. The van der Waals surface area contributed by atoms with Gasteiger partial charge in [-0.1, -0.05) is 6.07 Å². The molecule has 0 fully saturated rings. The third-order valence-electron chi connectivity index (χ3n) is 3.07. The lowest BCUT2D eigenvalue weighted by Gasteiger charge is -2.07. The summed E-state index contributed by atoms with van der Waals surface area (Å²) in [6, 6.07) is 10.2. The standard InChI is InChI=1S/C17H15FO5/c1-21-15-8-3-11(9-14(15)18)10-16(19)23-13-6-4-12(5-7-13)17(20)22-2/h3-9H,10H2,1-2H3. The second-order valence-corrected chi connectivity index (χ2v) is 4.64. The Kier molecular flexibility index (Phi) is 5.30. The fraction of sp³-hybridized carbons (Fsp3) is 0.176. The van der Waals surface area contributed by atoms with Crippen molar-refractivity contribution in [2.45, 2.75) is 6.42 Å². The van der Waals surface area contributed by atoms with Crippen LogP contribution in [0.25, 0.3) is 0 Å². The molecule has 6 heteroatoms. The van der Waals surface area contributed by atoms with E-state index in [-0.39, 0.29) is 17.9 Å². The van der Waals surface area contributed by atoms with E-state index < -0.39 is 17.8 Å². The summed E-state index contributed by atoms with van der Waals surface area (Å²) >= 11 is 0. The van der Waals surface area contributed by atoms with Crippen LogP contribution in [-0.4, -0.2) is 26.2 Å². The average molecular weight is 318 g/mol. The number of halogens is 1. The number of esters is 2. The van der Waals surface area contributed by atoms with E-state index in [1.165, 1.54) is 50.6 Å². The molecule has 0 aliphatic carbocycles. The summed E-state index contributed by atoms with van der Waals surface area (Å²) < 4.78 is 28.1. The third kappa shape index (κ3) is 4.29. The maximum absolute atomic E-state index is 13.6. The molecule has 0 spiro atoms. The van der Waals surface area contributed by atoms with E-state index in [1.54, 1.807) is 6.07 Å². The Hall–Kier alpha value is -2.89. The zero-order valence-electron chi connectivity index (χ0n) is 12.7. The largest absolute Gasteiger partial charge is 0.494 e. The van der Waals surface area contributed by atoms with Gasteiger partial charge < -0.3 is 14.2 Å². The highest BCUT2D eigenvalue weighted by Crippen LogP contribution is 2.19. The van der Waals surface area contributed by atoms with E-state index in [2.05, 4.69) is 4.74 Å². The van der Waals surface area contributed by atoms with Gasteiger partial charge in [-0.15, -0.1) is 0 Å². The Morgan fingerprint density at radius 2 is 1.74 bits per heavy atom. The highest BCUT2D eigenvalue weighted by Gasteiger charge is 2.11. The lowest BCUT2D eigenvalue weighted by molar-refractivity contribution is -0.133. The first-order chi connectivity index (χ1) is 11.0. The number of carbonyl (C=O) groups excluding carboxylic acids is 2. The van der Waals surface area contributed by atoms with Crippen LogP contribution in [0, 0.1) is 5.82 Å². The average Bonchev–Trinajstić information content (AvgIpc) is 2.55. The summed E-state index contributed by atoms with van der Waals surface area (Å²) in [4.78, 5) is 23.2. The van der Waals surface area contributed by atoms with Crippen molar-refractivity contribution in [1.29, 1.82) is 0 Å². The Bertz CT molecular complexity index is 709. The summed E-state index contributed by atoms with van der Waals surface area (Å²) in [5, 5.41) is 0. The van der Waals surface area contributed by atoms with Crippen LogP contribution in [-0.2, 0) is 16.0 Å². The van der Waals surface area contributed by atoms with Crippen molar-refractivity contribution in [3.63, 3.8) is 0 Å². The molecule has 2 aromatic rings. The Balaban J connectivity index is 1.99. The smallest absolute Gasteiger partial charge is 0.337 e. The fourth-order valence-electron chi connectivity index (χ4n) is 1.93. The van der Waals surface area contributed by atoms with Crippen LogP contribution in [0.2, 0.25) is 0 Å². The van der Waals surface area contributed by atoms with Gasteiger partial charge in [0.1, 0.15) is 5.75 Å². The fourth-order valence-corrected chi connectivity index (χ4v) is 1.93. The van der Waals surface area contributed by atoms with Crippen molar-refractivity contribution < 1.29 is 28.2 Å². The zero-order valence-corrected chi connectivity index (χ0v) is 12.7. The number of ether oxygens (including phenoxy) is 3. The van der Waals surface area contributed by atoms with Crippen LogP contribution in [0.3, 0.4) is 0 Å². The lowest BCUT2D eigenvalue weighted by Crippen LogP contribution is -2.11. The Morgan fingerprint density at radius 3 is 2.30 bits per heavy atom. The van der Waals surface area contributed by atoms with Gasteiger partial charge in [-0.2, -0.15) is 0 Å². The van der Waals surface area contributed by atoms with E-state index in [1.807, 2.05) is 0 Å². The molecular formula is C17H15FO5. The molecule has 5 nitrogen and oxygen atoms in total. The quantitative estimate of drug-likeness (QED) is 0.626. The van der Waals surface area contributed by atoms with E-state index in [9.17, 15) is 14.0 Å². The van der Waals surface area contributed by atoms with Crippen LogP contribution in [0.4, 0.5) is 4.39 Å². The maximum Gasteiger partial charge on any atom is 0.337 e. The molecule has 2 aromatic carbocycles. The van der Waals surface area contributed by atoms with Crippen LogP contribution in [0.5, 0.6) is 11.5 Å². The minimum absolute atomic E-state index is 0.0837. The predicted molar refractivity (Wildman–Crippen MR) is 80.1 cm³/mol. The topological polar surface area (TPSA) is 61.8 Å². The van der Waals surface area contributed by atoms with Crippen molar-refractivity contribution in [3.8, 4) is 11.5 Å². The zero-order chi connectivity index (χ0) is 16.8. The molecule has 0 saturated carbocycles. The summed E-state index contributed by atoms with van der Waals surface area (Å²) in [7, 11) is 2.65. The van der Waals surface area contributed by atoms with E-state index in [0.717, 1.165) is 0 Å². The van der Waals surface area contributed by atoms with Crippen LogP contribution >= 0.6 is 0 Å². The lowest BCUT2D eigenvalue weighted by atomic mass is 10.1. The van der Waals surface area contributed by atoms with Gasteiger partial charge in [0.25, 0.3) is 0 Å². The van der Waals surface area contributed by atoms with Crippen molar-refractivity contribution in [3.05, 3.63) is 59.4 Å². The molecule has 0 saturated heterocycles. The van der Waals surface area contributed by atoms with E-state index in [0.29, 0.717) is 11.1 Å². The molecule has 23 heavy (non-hydrogen) atoms. The molecule has 0 heterocycles. The molecule has 0 unspecified atom stereocenters. The van der Waals surface area contributed by atoms with Gasteiger partial charge in [-0.05, 0) is 42.0 Å². The molecule has 0 aliphatic rings. The number of methoxy groups -OCH3 is 2. The van der Waals surface area contributed by atoms with E-state index >= 15 is 0 Å². The van der Waals surface area contributed by atoms with Crippen molar-refractivity contribution in [1.82, 2.24) is 0 Å². The van der Waals surface area contributed by atoms with Gasteiger partial charge in [0.05, 0.1) is 26.2 Å². The van der Waals surface area contributed by atoms with Gasteiger partial charge in [-0.25, -0.2) is 9.18 Å². The first-order valence-electron chi connectivity index (χ1n) is 6.75. The normalized spacial score (nSPS) is 10.0. The molecule has 0 bridgehead atoms. The maximum atomic E-state index is 13.6. The molecular weight excluding hydrogens is 303 g/mol. The Labute approximate surface area is 132 Å². The number of rotatable bonds is 5. The third-order valence-corrected chi connectivity index (χ3v) is 3.07. The summed E-state index contributed by atoms with van der Waals surface area (Å²) in [5.74, 6) is -1.16. The second kappa shape index (κ2) is 7.40. The highest BCUT2D eigenvalue weighted by atomic mass is 19.1. The Morgan fingerprint density at radius 1 is 1.04 bits per heavy atom. The second-order valence-electron chi connectivity index (χ2n) is 4.64. The van der Waals surface area contributed by atoms with Gasteiger partial charge >= 0.3 is 11.9 Å². The highest BCUT2D eigenvalue weighted by molar-refractivity contribution is 5.89. The van der Waals surface area contributed by atoms with Crippen LogP contribution < -0.4 is 9.47 Å². The first kappa shape index (κ1) is 16.5. The molecule has 120 valence electrons. The van der Waals surface area contributed by atoms with Gasteiger partial charge in [0.2, 0.25) is 0 Å². The molecule has 2 rings (SSSR count). The van der Waals surface area contributed by atoms with Gasteiger partial charge in [-0.3, -0.25) is 4.79 Å². The summed E-state index contributed by atoms with van der Waals surface area (Å²) in [6.45, 7) is 0. The molecule has 0 radical (unpaired) electrons. The van der Waals surface area contributed by atoms with Crippen LogP contribution in [0.15, 0.2) is 42.5 Å². The number of hydrogen-bond acceptors (Lipinski definition) is 5. The number of carbonyl (C=O) groups is 2. The minimum Gasteiger partial charge on any atom is -0.494 e. The molecule has 0 N–H and O–H groups in total. The summed E-state index contributed by atoms with van der Waals surface area (Å²) in [6.07, 6.45) is -0.0837. The van der Waals surface area contributed by atoms with Crippen molar-refractivity contribution >= 4 is 11.9 Å². The van der Waals surface area contributed by atoms with Crippen molar-refractivity contribution in [2.75, 3.05) is 14.2 Å². The van der Waals surface area contributed by atoms with Crippen LogP contribution in [0.1, 0.15) is 15.9 Å². The number of hydrogen-bond donors (Lipinski definition) is 0. The minimum atomic E-state index is -0.541. The summed E-state index contributed by atoms with van der Waals surface area (Å²) in [5.41, 5.74) is 0.823. The first-order valence-corrected chi connectivity index (χ1v) is 6.75. The predicted octanol–water partition coefficient (Wildman–Crippen LogP) is 2.77. The monoisotopic (exact) mass is 318 g/mol. The van der Waals surface area contributed by atoms with Crippen molar-refractivity contribution in [2.24, 2.45) is 0 Å².